The van der Waals surface area contributed by atoms with Gasteiger partial charge in [0.2, 0.25) is 0 Å². The topological polar surface area (TPSA) is 54.7 Å². The fourth-order valence-electron chi connectivity index (χ4n) is 2.99. The van der Waals surface area contributed by atoms with Gasteiger partial charge in [0.15, 0.2) is 5.96 Å². The van der Waals surface area contributed by atoms with Crippen LogP contribution in [-0.2, 0) is 6.54 Å². The lowest BCUT2D eigenvalue weighted by atomic mass is 10.1. The van der Waals surface area contributed by atoms with E-state index in [0.717, 1.165) is 44.2 Å². The Hall–Kier alpha value is -1.33. The molecule has 0 radical (unpaired) electrons. The van der Waals surface area contributed by atoms with E-state index in [-0.39, 0.29) is 24.0 Å². The number of nitrogens with zero attached hydrogens (tertiary/aromatic N) is 4. The molecule has 1 fully saturated rings. The summed E-state index contributed by atoms with van der Waals surface area (Å²) in [5, 5.41) is 12.4. The molecular formula is C19H30IN5. The number of guanidine groups is 1. The summed E-state index contributed by atoms with van der Waals surface area (Å²) in [4.78, 5) is 9.64. The Morgan fingerprint density at radius 3 is 2.60 bits per heavy atom. The quantitative estimate of drug-likeness (QED) is 0.422. The zero-order chi connectivity index (χ0) is 17.4. The van der Waals surface area contributed by atoms with Gasteiger partial charge in [-0.05, 0) is 30.5 Å². The first-order valence-electron chi connectivity index (χ1n) is 8.87. The molecule has 0 aromatic heterocycles. The second kappa shape index (κ2) is 11.3. The molecule has 0 saturated carbocycles. The second-order valence-corrected chi connectivity index (χ2v) is 6.66. The Balaban J connectivity index is 0.00000312. The molecule has 1 saturated heterocycles. The van der Waals surface area contributed by atoms with E-state index in [2.05, 4.69) is 42.0 Å². The van der Waals surface area contributed by atoms with Crippen LogP contribution in [0, 0.1) is 17.2 Å². The van der Waals surface area contributed by atoms with Crippen molar-refractivity contribution in [1.82, 2.24) is 15.1 Å². The zero-order valence-electron chi connectivity index (χ0n) is 15.5. The summed E-state index contributed by atoms with van der Waals surface area (Å²) in [6, 6.07) is 9.86. The minimum atomic E-state index is 0. The minimum Gasteiger partial charge on any atom is -0.357 e. The highest BCUT2D eigenvalue weighted by Crippen LogP contribution is 2.08. The molecule has 1 aliphatic rings. The predicted octanol–water partition coefficient (Wildman–Crippen LogP) is 2.92. The fraction of sp³-hybridized carbons (Fsp3) is 0.579. The van der Waals surface area contributed by atoms with Crippen LogP contribution in [0.25, 0.3) is 0 Å². The number of hydrogen-bond donors (Lipinski definition) is 1. The number of benzene rings is 1. The van der Waals surface area contributed by atoms with E-state index in [1.54, 1.807) is 0 Å². The molecule has 2 rings (SSSR count). The first-order valence-corrected chi connectivity index (χ1v) is 8.87. The van der Waals surface area contributed by atoms with Crippen LogP contribution in [0.5, 0.6) is 0 Å². The largest absolute Gasteiger partial charge is 0.357 e. The summed E-state index contributed by atoms with van der Waals surface area (Å²) in [6.07, 6.45) is 0. The highest BCUT2D eigenvalue weighted by Gasteiger charge is 2.19. The van der Waals surface area contributed by atoms with Gasteiger partial charge in [0.25, 0.3) is 0 Å². The molecule has 1 aromatic carbocycles. The predicted molar refractivity (Wildman–Crippen MR) is 114 cm³/mol. The monoisotopic (exact) mass is 455 g/mol. The van der Waals surface area contributed by atoms with Crippen molar-refractivity contribution in [2.24, 2.45) is 10.9 Å². The smallest absolute Gasteiger partial charge is 0.194 e. The van der Waals surface area contributed by atoms with Crippen LogP contribution in [0.1, 0.15) is 31.9 Å². The Labute approximate surface area is 169 Å². The van der Waals surface area contributed by atoms with E-state index in [1.165, 1.54) is 6.54 Å². The summed E-state index contributed by atoms with van der Waals surface area (Å²) < 4.78 is 0. The van der Waals surface area contributed by atoms with Crippen LogP contribution in [0.15, 0.2) is 29.3 Å². The van der Waals surface area contributed by atoms with Crippen LogP contribution in [0.4, 0.5) is 0 Å². The average Bonchev–Trinajstić information content (AvgIpc) is 2.59. The van der Waals surface area contributed by atoms with Crippen LogP contribution < -0.4 is 5.32 Å². The first-order chi connectivity index (χ1) is 11.6. The van der Waals surface area contributed by atoms with E-state index in [4.69, 9.17) is 10.3 Å². The third kappa shape index (κ3) is 7.20. The van der Waals surface area contributed by atoms with Crippen LogP contribution in [-0.4, -0.2) is 55.0 Å². The van der Waals surface area contributed by atoms with E-state index in [9.17, 15) is 0 Å². The van der Waals surface area contributed by atoms with Crippen molar-refractivity contribution < 1.29 is 0 Å². The Morgan fingerprint density at radius 2 is 2.00 bits per heavy atom. The first kappa shape index (κ1) is 21.7. The Kier molecular flexibility index (Phi) is 9.83. The van der Waals surface area contributed by atoms with Crippen molar-refractivity contribution in [3.8, 4) is 6.07 Å². The maximum absolute atomic E-state index is 9.00. The van der Waals surface area contributed by atoms with Crippen LogP contribution >= 0.6 is 24.0 Å². The van der Waals surface area contributed by atoms with E-state index in [1.807, 2.05) is 24.3 Å². The molecule has 0 amide bonds. The lowest BCUT2D eigenvalue weighted by Crippen LogP contribution is -2.53. The summed E-state index contributed by atoms with van der Waals surface area (Å²) in [5.74, 6) is 1.69. The van der Waals surface area contributed by atoms with Crippen molar-refractivity contribution >= 4 is 29.9 Å². The van der Waals surface area contributed by atoms with Gasteiger partial charge >= 0.3 is 0 Å². The van der Waals surface area contributed by atoms with Gasteiger partial charge in [-0.1, -0.05) is 26.0 Å². The average molecular weight is 455 g/mol. The van der Waals surface area contributed by atoms with Gasteiger partial charge in [-0.3, -0.25) is 4.90 Å². The number of nitriles is 1. The molecular weight excluding hydrogens is 425 g/mol. The molecule has 0 atom stereocenters. The number of nitrogens with one attached hydrogen (secondary N) is 1. The molecule has 1 N–H and O–H groups in total. The summed E-state index contributed by atoms with van der Waals surface area (Å²) in [6.45, 7) is 13.5. The number of halogens is 1. The van der Waals surface area contributed by atoms with Gasteiger partial charge in [-0.25, -0.2) is 4.99 Å². The lowest BCUT2D eigenvalue weighted by molar-refractivity contribution is 0.164. The molecule has 1 aliphatic heterocycles. The Bertz CT molecular complexity index is 586. The fourth-order valence-corrected chi connectivity index (χ4v) is 2.99. The van der Waals surface area contributed by atoms with Crippen molar-refractivity contribution in [1.29, 1.82) is 5.26 Å². The third-order valence-electron chi connectivity index (χ3n) is 4.10. The maximum atomic E-state index is 9.00. The molecule has 6 heteroatoms. The molecule has 138 valence electrons. The van der Waals surface area contributed by atoms with Gasteiger partial charge in [-0.15, -0.1) is 24.0 Å². The van der Waals surface area contributed by atoms with Crippen molar-refractivity contribution in [3.63, 3.8) is 0 Å². The summed E-state index contributed by atoms with van der Waals surface area (Å²) in [7, 11) is 0. The molecule has 0 spiro atoms. The minimum absolute atomic E-state index is 0. The van der Waals surface area contributed by atoms with Crippen LogP contribution in [0.3, 0.4) is 0 Å². The SMILES string of the molecule is CCNC(=NCc1cccc(C#N)c1)N1CCN(CC(C)C)CC1.I. The lowest BCUT2D eigenvalue weighted by Gasteiger charge is -2.37. The Morgan fingerprint density at radius 1 is 1.28 bits per heavy atom. The van der Waals surface area contributed by atoms with Crippen molar-refractivity contribution in [3.05, 3.63) is 35.4 Å². The normalized spacial score (nSPS) is 15.6. The van der Waals surface area contributed by atoms with Crippen molar-refractivity contribution in [2.75, 3.05) is 39.3 Å². The van der Waals surface area contributed by atoms with Gasteiger partial charge in [0.05, 0.1) is 18.2 Å². The molecule has 5 nitrogen and oxygen atoms in total. The molecule has 25 heavy (non-hydrogen) atoms. The third-order valence-corrected chi connectivity index (χ3v) is 4.10. The van der Waals surface area contributed by atoms with Gasteiger partial charge in [0, 0.05) is 39.3 Å². The second-order valence-electron chi connectivity index (χ2n) is 6.66. The van der Waals surface area contributed by atoms with E-state index in [0.29, 0.717) is 18.0 Å². The highest BCUT2D eigenvalue weighted by molar-refractivity contribution is 14.0. The van der Waals surface area contributed by atoms with Gasteiger partial charge in [0.1, 0.15) is 0 Å². The van der Waals surface area contributed by atoms with Gasteiger partial charge < -0.3 is 10.2 Å². The van der Waals surface area contributed by atoms with E-state index < -0.39 is 0 Å². The number of hydrogen-bond acceptors (Lipinski definition) is 3. The molecule has 0 unspecified atom stereocenters. The molecule has 0 aliphatic carbocycles. The number of aliphatic imine (C=N–C) groups is 1. The summed E-state index contributed by atoms with van der Waals surface area (Å²) in [5.41, 5.74) is 1.76. The summed E-state index contributed by atoms with van der Waals surface area (Å²) >= 11 is 0. The van der Waals surface area contributed by atoms with Crippen LogP contribution in [0.2, 0.25) is 0 Å². The number of rotatable bonds is 5. The van der Waals surface area contributed by atoms with E-state index >= 15 is 0 Å². The maximum Gasteiger partial charge on any atom is 0.194 e. The highest BCUT2D eigenvalue weighted by atomic mass is 127. The molecule has 1 heterocycles. The molecule has 0 bridgehead atoms. The van der Waals surface area contributed by atoms with Gasteiger partial charge in [-0.2, -0.15) is 5.26 Å². The number of piperazine rings is 1. The molecule has 1 aromatic rings. The van der Waals surface area contributed by atoms with Crippen molar-refractivity contribution in [2.45, 2.75) is 27.3 Å². The standard InChI is InChI=1S/C19H29N5.HI/c1-4-21-19(22-14-18-7-5-6-17(12-18)13-20)24-10-8-23(9-11-24)15-16(2)3;/h5-7,12,16H,4,8-11,14-15H2,1-3H3,(H,21,22);1H. The zero-order valence-corrected chi connectivity index (χ0v) is 17.9.